The summed E-state index contributed by atoms with van der Waals surface area (Å²) >= 11 is 0. The van der Waals surface area contributed by atoms with Crippen molar-refractivity contribution in [1.82, 2.24) is 0 Å². The molecule has 0 aromatic rings. The molecule has 10 N–H and O–H groups in total. The summed E-state index contributed by atoms with van der Waals surface area (Å²) in [6.07, 6.45) is -10.1. The molecule has 0 radical (unpaired) electrons. The number of rotatable bonds is 10. The zero-order valence-corrected chi connectivity index (χ0v) is 14.3. The minimum atomic E-state index is -2.74. The fourth-order valence-electron chi connectivity index (χ4n) is 1.38. The monoisotopic (exact) mass is 584 g/mol. The van der Waals surface area contributed by atoms with Gasteiger partial charge < -0.3 is 51.1 Å². The summed E-state index contributed by atoms with van der Waals surface area (Å²) in [6.45, 7) is -0.843. The first-order chi connectivity index (χ1) is 11.7. The quantitative estimate of drug-likeness (QED) is 0.107. The molecular weight excluding hydrogens is 560 g/mol. The molecule has 4 atom stereocenters. The van der Waals surface area contributed by atoms with Crippen LogP contribution in [0.15, 0.2) is 0 Å². The standard InChI is InChI=1S/C6H8O7.C6H12O7.ClH.4K.4H/c7-3(8)1-6(13,5(11)12)2-4(9)10;7-1-2(8)3(9)4(10)5(11)6(12)13;;;;;;;;;/h13H,1-2H2,(H,7,8)(H,9,10)(H,11,12);2-5,7-11H,1H2,(H,12,13);1H;;;;;;;;/t;2-,3-,4+,5-;;;;;;;;;/m.1........./s1. The molecule has 0 unspecified atom stereocenters. The number of halogens is 1. The molecule has 0 amide bonds. The first kappa shape index (κ1) is 52.0. The van der Waals surface area contributed by atoms with Crippen molar-refractivity contribution < 1.29 is 70.2 Å². The van der Waals surface area contributed by atoms with Crippen LogP contribution in [0.1, 0.15) is 12.8 Å². The summed E-state index contributed by atoms with van der Waals surface area (Å²) in [7, 11) is 0. The summed E-state index contributed by atoms with van der Waals surface area (Å²) in [5.74, 6) is -6.74. The molecule has 0 aromatic heterocycles. The zero-order chi connectivity index (χ0) is 21.2. The van der Waals surface area contributed by atoms with Crippen LogP contribution in [0.25, 0.3) is 0 Å². The molecule has 14 nitrogen and oxygen atoms in total. The third-order valence-electron chi connectivity index (χ3n) is 2.79. The van der Waals surface area contributed by atoms with Crippen molar-refractivity contribution in [2.75, 3.05) is 6.61 Å². The molecule has 0 rings (SSSR count). The third kappa shape index (κ3) is 24.6. The molecule has 0 aromatic carbocycles. The van der Waals surface area contributed by atoms with Crippen molar-refractivity contribution in [3.63, 3.8) is 0 Å². The number of hydrogen-bond acceptors (Lipinski definition) is 10. The number of carbonyl (C=O) groups is 4. The van der Waals surface area contributed by atoms with Crippen LogP contribution in [0.3, 0.4) is 0 Å². The Bertz CT molecular complexity index is 510. The van der Waals surface area contributed by atoms with Gasteiger partial charge >= 0.3 is 229 Å². The third-order valence-corrected chi connectivity index (χ3v) is 2.79. The van der Waals surface area contributed by atoms with E-state index in [9.17, 15) is 19.2 Å². The normalized spacial score (nSPS) is 13.1. The molecular formula is C12H25ClK4O14. The fourth-order valence-corrected chi connectivity index (χ4v) is 1.38. The summed E-state index contributed by atoms with van der Waals surface area (Å²) in [6, 6.07) is 0. The van der Waals surface area contributed by atoms with E-state index in [0.717, 1.165) is 0 Å². The Kier molecular flexibility index (Phi) is 46.1. The van der Waals surface area contributed by atoms with Crippen LogP contribution in [0.4, 0.5) is 0 Å². The average molecular weight is 585 g/mol. The van der Waals surface area contributed by atoms with E-state index in [1.165, 1.54) is 0 Å². The van der Waals surface area contributed by atoms with Crippen molar-refractivity contribution in [2.45, 2.75) is 42.9 Å². The second kappa shape index (κ2) is 27.5. The molecule has 19 heteroatoms. The second-order valence-corrected chi connectivity index (χ2v) is 4.99. The first-order valence-corrected chi connectivity index (χ1v) is 6.64. The van der Waals surface area contributed by atoms with Crippen molar-refractivity contribution in [3.05, 3.63) is 0 Å². The number of hydrogen-bond donors (Lipinski definition) is 10. The summed E-state index contributed by atoms with van der Waals surface area (Å²) in [5, 5.41) is 85.6. The Balaban J connectivity index is -0.0000000640. The molecule has 168 valence electrons. The van der Waals surface area contributed by atoms with Crippen LogP contribution in [-0.2, 0) is 19.2 Å². The van der Waals surface area contributed by atoms with Gasteiger partial charge in [-0.2, -0.15) is 0 Å². The molecule has 0 fully saturated rings. The number of aliphatic carboxylic acids is 4. The number of aliphatic hydroxyl groups is 6. The molecule has 0 saturated heterocycles. The van der Waals surface area contributed by atoms with Crippen LogP contribution in [0.5, 0.6) is 0 Å². The summed E-state index contributed by atoms with van der Waals surface area (Å²) < 4.78 is 0. The van der Waals surface area contributed by atoms with Crippen LogP contribution >= 0.6 is 12.4 Å². The molecule has 0 aliphatic rings. The summed E-state index contributed by atoms with van der Waals surface area (Å²) in [4.78, 5) is 40.6. The van der Waals surface area contributed by atoms with Gasteiger partial charge in [-0.3, -0.25) is 9.59 Å². The maximum atomic E-state index is 10.3. The zero-order valence-electron chi connectivity index (χ0n) is 13.4. The van der Waals surface area contributed by atoms with E-state index in [1.54, 1.807) is 0 Å². The van der Waals surface area contributed by atoms with Crippen molar-refractivity contribution in [2.24, 2.45) is 0 Å². The molecule has 0 aliphatic carbocycles. The van der Waals surface area contributed by atoms with Gasteiger partial charge in [-0.25, -0.2) is 9.59 Å². The fraction of sp³-hybridized carbons (Fsp3) is 0.667. The van der Waals surface area contributed by atoms with E-state index in [1.807, 2.05) is 0 Å². The molecule has 0 saturated carbocycles. The van der Waals surface area contributed by atoms with Crippen molar-refractivity contribution in [1.29, 1.82) is 0 Å². The molecule has 0 aliphatic heterocycles. The van der Waals surface area contributed by atoms with Crippen LogP contribution in [-0.4, -0.2) is 317 Å². The molecule has 0 spiro atoms. The van der Waals surface area contributed by atoms with E-state index in [-0.39, 0.29) is 218 Å². The van der Waals surface area contributed by atoms with Gasteiger partial charge in [0.25, 0.3) is 0 Å². The number of carboxylic acid groups (broad SMARTS) is 4. The minimum absolute atomic E-state index is 0. The van der Waals surface area contributed by atoms with E-state index in [4.69, 9.17) is 51.1 Å². The molecule has 0 bridgehead atoms. The number of aliphatic hydroxyl groups excluding tert-OH is 5. The Labute approximate surface area is 352 Å². The average Bonchev–Trinajstić information content (AvgIpc) is 2.50. The predicted octanol–water partition coefficient (Wildman–Crippen LogP) is -6.91. The van der Waals surface area contributed by atoms with E-state index < -0.39 is 73.3 Å². The van der Waals surface area contributed by atoms with Gasteiger partial charge in [-0.05, 0) is 0 Å². The van der Waals surface area contributed by atoms with Crippen LogP contribution in [0, 0.1) is 0 Å². The van der Waals surface area contributed by atoms with Gasteiger partial charge in [0.2, 0.25) is 0 Å². The van der Waals surface area contributed by atoms with Crippen molar-refractivity contribution >= 4 is 242 Å². The van der Waals surface area contributed by atoms with Crippen molar-refractivity contribution in [3.8, 4) is 0 Å². The van der Waals surface area contributed by atoms with Gasteiger partial charge in [-0.1, -0.05) is 0 Å². The number of carboxylic acids is 4. The van der Waals surface area contributed by atoms with Crippen LogP contribution in [0.2, 0.25) is 0 Å². The topological polar surface area (TPSA) is 271 Å². The van der Waals surface area contributed by atoms with E-state index in [0.29, 0.717) is 0 Å². The maximum absolute atomic E-state index is 10.3. The Morgan fingerprint density at radius 2 is 1.03 bits per heavy atom. The predicted molar refractivity (Wildman–Crippen MR) is 112 cm³/mol. The van der Waals surface area contributed by atoms with Gasteiger partial charge in [0.15, 0.2) is 11.7 Å². The Morgan fingerprint density at radius 1 is 0.710 bits per heavy atom. The Hall–Kier alpha value is 4.48. The molecule has 0 heterocycles. The summed E-state index contributed by atoms with van der Waals surface area (Å²) in [5.41, 5.74) is -2.74. The van der Waals surface area contributed by atoms with Gasteiger partial charge in [0.05, 0.1) is 19.4 Å². The van der Waals surface area contributed by atoms with E-state index in [2.05, 4.69) is 0 Å². The van der Waals surface area contributed by atoms with Gasteiger partial charge in [0, 0.05) is 0 Å². The van der Waals surface area contributed by atoms with Gasteiger partial charge in [0.1, 0.15) is 18.3 Å². The molecule has 31 heavy (non-hydrogen) atoms. The first-order valence-electron chi connectivity index (χ1n) is 6.64. The van der Waals surface area contributed by atoms with Gasteiger partial charge in [-0.15, -0.1) is 12.4 Å². The SMILES string of the molecule is Cl.O=C(O)CC(O)(CC(=O)O)C(=O)O.O=C(O)[C@H](O)[C@@H](O)[C@H](O)[C@H](O)CO.[KH].[KH].[KH].[KH]. The second-order valence-electron chi connectivity index (χ2n) is 4.99. The van der Waals surface area contributed by atoms with Crippen LogP contribution < -0.4 is 0 Å². The van der Waals surface area contributed by atoms with E-state index >= 15 is 0 Å². The Morgan fingerprint density at radius 3 is 1.23 bits per heavy atom.